The molecule has 2 rings (SSSR count). The van der Waals surface area contributed by atoms with Gasteiger partial charge in [0, 0.05) is 6.20 Å². The van der Waals surface area contributed by atoms with Crippen molar-refractivity contribution in [1.29, 1.82) is 0 Å². The van der Waals surface area contributed by atoms with E-state index < -0.39 is 21.2 Å². The summed E-state index contributed by atoms with van der Waals surface area (Å²) in [6, 6.07) is 1.59. The molecule has 6 nitrogen and oxygen atoms in total. The predicted octanol–water partition coefficient (Wildman–Crippen LogP) is -0.0593. The number of carboxylic acid groups (broad SMARTS) is 1. The molecular weight excluding hydrogens is 232 g/mol. The minimum absolute atomic E-state index is 0.0850. The van der Waals surface area contributed by atoms with E-state index in [2.05, 4.69) is 10.2 Å². The van der Waals surface area contributed by atoms with E-state index in [-0.39, 0.29) is 24.3 Å². The topological polar surface area (TPSA) is 100 Å². The van der Waals surface area contributed by atoms with Crippen LogP contribution in [0.1, 0.15) is 18.5 Å². The number of nitrogens with zero attached hydrogens (tertiary/aromatic N) is 1. The second kappa shape index (κ2) is 3.58. The number of aromatic nitrogens is 2. The normalized spacial score (nSPS) is 22.8. The Balaban J connectivity index is 2.37. The monoisotopic (exact) mass is 244 g/mol. The van der Waals surface area contributed by atoms with Crippen LogP contribution in [0.25, 0.3) is 0 Å². The van der Waals surface area contributed by atoms with E-state index in [1.165, 1.54) is 6.20 Å². The van der Waals surface area contributed by atoms with Crippen molar-refractivity contribution in [2.75, 3.05) is 11.5 Å². The molecule has 0 unspecified atom stereocenters. The molecule has 88 valence electrons. The summed E-state index contributed by atoms with van der Waals surface area (Å²) < 4.78 is 22.6. The highest BCUT2D eigenvalue weighted by Gasteiger charge is 2.46. The third-order valence-corrected chi connectivity index (χ3v) is 4.76. The van der Waals surface area contributed by atoms with Crippen molar-refractivity contribution in [3.63, 3.8) is 0 Å². The molecule has 2 heterocycles. The van der Waals surface area contributed by atoms with Gasteiger partial charge < -0.3 is 5.11 Å². The van der Waals surface area contributed by atoms with Crippen molar-refractivity contribution in [3.05, 3.63) is 18.0 Å². The van der Waals surface area contributed by atoms with Gasteiger partial charge >= 0.3 is 5.97 Å². The average Bonchev–Trinajstić information content (AvgIpc) is 2.71. The van der Waals surface area contributed by atoms with Crippen LogP contribution >= 0.6 is 0 Å². The van der Waals surface area contributed by atoms with Crippen molar-refractivity contribution in [1.82, 2.24) is 10.2 Å². The Morgan fingerprint density at radius 2 is 2.06 bits per heavy atom. The first-order chi connectivity index (χ1) is 7.46. The van der Waals surface area contributed by atoms with Crippen molar-refractivity contribution < 1.29 is 18.3 Å². The zero-order valence-corrected chi connectivity index (χ0v) is 9.33. The fraction of sp³-hybridized carbons (Fsp3) is 0.556. The molecule has 1 fully saturated rings. The Morgan fingerprint density at radius 3 is 2.50 bits per heavy atom. The minimum atomic E-state index is -3.08. The van der Waals surface area contributed by atoms with Crippen LogP contribution in [0.5, 0.6) is 0 Å². The van der Waals surface area contributed by atoms with E-state index in [4.69, 9.17) is 0 Å². The summed E-state index contributed by atoms with van der Waals surface area (Å²) in [5, 5.41) is 15.6. The molecule has 0 atom stereocenters. The van der Waals surface area contributed by atoms with E-state index in [1.807, 2.05) is 0 Å². The molecule has 0 radical (unpaired) electrons. The SMILES string of the molecule is O=C(O)C1(c2ccn[nH]2)CCS(=O)(=O)CC1. The third kappa shape index (κ3) is 1.71. The lowest BCUT2D eigenvalue weighted by atomic mass is 9.79. The number of aliphatic carboxylic acids is 1. The maximum Gasteiger partial charge on any atom is 0.315 e. The molecule has 0 aliphatic carbocycles. The molecule has 2 N–H and O–H groups in total. The number of carbonyl (C=O) groups is 1. The molecule has 1 aromatic heterocycles. The summed E-state index contributed by atoms with van der Waals surface area (Å²) in [4.78, 5) is 11.3. The lowest BCUT2D eigenvalue weighted by molar-refractivity contribution is -0.144. The molecule has 16 heavy (non-hydrogen) atoms. The van der Waals surface area contributed by atoms with Crippen molar-refractivity contribution in [2.24, 2.45) is 0 Å². The van der Waals surface area contributed by atoms with Crippen LogP contribution in [0, 0.1) is 0 Å². The van der Waals surface area contributed by atoms with Gasteiger partial charge in [-0.3, -0.25) is 9.89 Å². The summed E-state index contributed by atoms with van der Waals surface area (Å²) in [5.41, 5.74) is -0.642. The van der Waals surface area contributed by atoms with E-state index in [1.54, 1.807) is 6.07 Å². The van der Waals surface area contributed by atoms with E-state index in [0.717, 1.165) is 0 Å². The first-order valence-corrected chi connectivity index (χ1v) is 6.72. The Bertz CT molecular complexity index is 478. The number of sulfone groups is 1. The predicted molar refractivity (Wildman–Crippen MR) is 55.8 cm³/mol. The number of aromatic amines is 1. The summed E-state index contributed by atoms with van der Waals surface area (Å²) in [5.74, 6) is -1.16. The fourth-order valence-electron chi connectivity index (χ4n) is 2.01. The lowest BCUT2D eigenvalue weighted by Crippen LogP contribution is -2.43. The van der Waals surface area contributed by atoms with Crippen LogP contribution in [0.15, 0.2) is 12.3 Å². The van der Waals surface area contributed by atoms with Crippen molar-refractivity contribution in [3.8, 4) is 0 Å². The quantitative estimate of drug-likeness (QED) is 0.759. The number of hydrogen-bond donors (Lipinski definition) is 2. The van der Waals surface area contributed by atoms with Crippen LogP contribution in [0.3, 0.4) is 0 Å². The van der Waals surface area contributed by atoms with Gasteiger partial charge in [0.2, 0.25) is 0 Å². The number of H-pyrrole nitrogens is 1. The molecule has 0 amide bonds. The molecular formula is C9H12N2O4S. The van der Waals surface area contributed by atoms with Crippen LogP contribution in [-0.2, 0) is 20.0 Å². The van der Waals surface area contributed by atoms with Crippen LogP contribution in [0.2, 0.25) is 0 Å². The fourth-order valence-corrected chi connectivity index (χ4v) is 3.53. The van der Waals surface area contributed by atoms with Gasteiger partial charge in [-0.2, -0.15) is 5.10 Å². The highest BCUT2D eigenvalue weighted by Crippen LogP contribution is 2.35. The highest BCUT2D eigenvalue weighted by molar-refractivity contribution is 7.91. The third-order valence-electron chi connectivity index (χ3n) is 3.11. The highest BCUT2D eigenvalue weighted by atomic mass is 32.2. The Labute approximate surface area is 92.6 Å². The van der Waals surface area contributed by atoms with Crippen LogP contribution in [-0.4, -0.2) is 41.2 Å². The van der Waals surface area contributed by atoms with Gasteiger partial charge in [-0.15, -0.1) is 0 Å². The van der Waals surface area contributed by atoms with Gasteiger partial charge in [0.25, 0.3) is 0 Å². The molecule has 7 heteroatoms. The smallest absolute Gasteiger partial charge is 0.315 e. The average molecular weight is 244 g/mol. The van der Waals surface area contributed by atoms with E-state index in [0.29, 0.717) is 5.69 Å². The summed E-state index contributed by atoms with van der Waals surface area (Å²) in [6.45, 7) is 0. The van der Waals surface area contributed by atoms with Crippen molar-refractivity contribution >= 4 is 15.8 Å². The second-order valence-electron chi connectivity index (χ2n) is 4.01. The Kier molecular flexibility index (Phi) is 2.49. The number of rotatable bonds is 2. The van der Waals surface area contributed by atoms with Gasteiger partial charge in [-0.1, -0.05) is 0 Å². The molecule has 1 saturated heterocycles. The van der Waals surface area contributed by atoms with Gasteiger partial charge in [-0.05, 0) is 18.9 Å². The first-order valence-electron chi connectivity index (χ1n) is 4.90. The maximum absolute atomic E-state index is 11.3. The summed E-state index contributed by atoms with van der Waals surface area (Å²) in [7, 11) is -3.08. The van der Waals surface area contributed by atoms with Crippen LogP contribution in [0.4, 0.5) is 0 Å². The molecule has 1 aliphatic rings. The zero-order chi connectivity index (χ0) is 11.8. The van der Waals surface area contributed by atoms with E-state index in [9.17, 15) is 18.3 Å². The van der Waals surface area contributed by atoms with Crippen LogP contribution < -0.4 is 0 Å². The Morgan fingerprint density at radius 1 is 1.44 bits per heavy atom. The molecule has 0 spiro atoms. The van der Waals surface area contributed by atoms with Gasteiger partial charge in [0.15, 0.2) is 0 Å². The first kappa shape index (κ1) is 11.1. The van der Waals surface area contributed by atoms with Gasteiger partial charge in [0.1, 0.15) is 15.3 Å². The number of carboxylic acids is 1. The molecule has 1 aliphatic heterocycles. The Hall–Kier alpha value is -1.37. The van der Waals surface area contributed by atoms with Gasteiger partial charge in [0.05, 0.1) is 17.2 Å². The van der Waals surface area contributed by atoms with Crippen molar-refractivity contribution in [2.45, 2.75) is 18.3 Å². The number of hydrogen-bond acceptors (Lipinski definition) is 4. The largest absolute Gasteiger partial charge is 0.481 e. The molecule has 1 aromatic rings. The zero-order valence-electron chi connectivity index (χ0n) is 8.51. The summed E-state index contributed by atoms with van der Waals surface area (Å²) in [6.07, 6.45) is 1.68. The molecule has 0 bridgehead atoms. The minimum Gasteiger partial charge on any atom is -0.481 e. The molecule has 0 aromatic carbocycles. The standard InChI is InChI=1S/C9H12N2O4S/c12-8(13)9(7-1-4-10-11-7)2-5-16(14,15)6-3-9/h1,4H,2-3,5-6H2,(H,10,11)(H,12,13). The second-order valence-corrected chi connectivity index (χ2v) is 6.31. The molecule has 0 saturated carbocycles. The maximum atomic E-state index is 11.3. The van der Waals surface area contributed by atoms with Gasteiger partial charge in [-0.25, -0.2) is 8.42 Å². The number of nitrogens with one attached hydrogen (secondary N) is 1. The lowest BCUT2D eigenvalue weighted by Gasteiger charge is -2.31. The summed E-state index contributed by atoms with van der Waals surface area (Å²) >= 11 is 0. The van der Waals surface area contributed by atoms with E-state index >= 15 is 0 Å².